The van der Waals surface area contributed by atoms with E-state index in [0.717, 1.165) is 6.42 Å². The van der Waals surface area contributed by atoms with Gasteiger partial charge in [0.25, 0.3) is 6.71 Å². The zero-order valence-corrected chi connectivity index (χ0v) is 40.0. The lowest BCUT2D eigenvalue weighted by atomic mass is 9.36. The van der Waals surface area contributed by atoms with Gasteiger partial charge in [-0.15, -0.1) is 11.3 Å². The van der Waals surface area contributed by atoms with E-state index in [1.54, 1.807) is 0 Å². The van der Waals surface area contributed by atoms with Gasteiger partial charge >= 0.3 is 0 Å². The van der Waals surface area contributed by atoms with Crippen LogP contribution in [0.1, 0.15) is 137 Å². The summed E-state index contributed by atoms with van der Waals surface area (Å²) >= 11 is 2.05. The third-order valence-electron chi connectivity index (χ3n) is 15.0. The molecule has 3 atom stereocenters. The summed E-state index contributed by atoms with van der Waals surface area (Å²) in [5.74, 6) is 1.35. The van der Waals surface area contributed by atoms with Gasteiger partial charge in [-0.25, -0.2) is 0 Å². The Balaban J connectivity index is 1.31. The zero-order valence-electron chi connectivity index (χ0n) is 39.2. The highest BCUT2D eigenvalue weighted by molar-refractivity contribution is 7.33. The van der Waals surface area contributed by atoms with Crippen LogP contribution >= 0.6 is 11.3 Å². The summed E-state index contributed by atoms with van der Waals surface area (Å²) in [6.07, 6.45) is 18.0. The van der Waals surface area contributed by atoms with Crippen molar-refractivity contribution < 1.29 is 0 Å². The van der Waals surface area contributed by atoms with E-state index in [0.29, 0.717) is 17.8 Å². The lowest BCUT2D eigenvalue weighted by Gasteiger charge is -2.45. The molecule has 0 saturated carbocycles. The molecule has 0 saturated heterocycles. The molecule has 4 heteroatoms. The van der Waals surface area contributed by atoms with Crippen LogP contribution in [0, 0.1) is 17.3 Å². The van der Waals surface area contributed by atoms with Crippen molar-refractivity contribution in [2.45, 2.75) is 131 Å². The van der Waals surface area contributed by atoms with E-state index in [1.165, 1.54) is 87.7 Å². The van der Waals surface area contributed by atoms with E-state index in [2.05, 4.69) is 227 Å². The number of hydrogen-bond acceptors (Lipinski definition) is 3. The predicted octanol–water partition coefficient (Wildman–Crippen LogP) is 14.2. The summed E-state index contributed by atoms with van der Waals surface area (Å²) in [5.41, 5.74) is 18.0. The molecule has 5 aromatic rings. The second-order valence-corrected chi connectivity index (χ2v) is 24.7. The maximum atomic E-state index is 2.72. The van der Waals surface area contributed by atoms with Gasteiger partial charge in [0.1, 0.15) is 0 Å². The van der Waals surface area contributed by atoms with Crippen LogP contribution in [0.15, 0.2) is 115 Å². The van der Waals surface area contributed by atoms with Crippen molar-refractivity contribution in [3.8, 4) is 0 Å². The summed E-state index contributed by atoms with van der Waals surface area (Å²) in [6, 6.07) is 27.2. The molecule has 0 N–H and O–H groups in total. The lowest BCUT2D eigenvalue weighted by molar-refractivity contribution is 0.293. The predicted molar refractivity (Wildman–Crippen MR) is 268 cm³/mol. The molecule has 2 aliphatic heterocycles. The van der Waals surface area contributed by atoms with Gasteiger partial charge in [-0.2, -0.15) is 0 Å². The summed E-state index contributed by atoms with van der Waals surface area (Å²) < 4.78 is 2.87. The SMILES string of the molecule is CC(C)(C)c1ccc(N2c3ccc(C(C)(C)C)cc3B3c4sc5cc6c(cc5c4N(C4=CCC(C(C)(C)C)C=C4)c4cc(C(C)(C)C)cc2c43)C2C=CC=CC2C6(C)C)cc1. The van der Waals surface area contributed by atoms with Gasteiger partial charge in [0.2, 0.25) is 0 Å². The molecule has 5 aliphatic rings. The molecular formula is C57H65BN2S. The molecule has 0 radical (unpaired) electrons. The fourth-order valence-corrected chi connectivity index (χ4v) is 12.5. The minimum absolute atomic E-state index is 0.00327. The third kappa shape index (κ3) is 6.23. The summed E-state index contributed by atoms with van der Waals surface area (Å²) in [7, 11) is 0. The molecule has 2 nitrogen and oxygen atoms in total. The number of rotatable bonds is 2. The number of anilines is 5. The molecule has 0 bridgehead atoms. The fraction of sp³-hybridized carbons (Fsp3) is 0.404. The van der Waals surface area contributed by atoms with Crippen molar-refractivity contribution in [1.29, 1.82) is 0 Å². The van der Waals surface area contributed by atoms with Crippen LogP contribution in [0.2, 0.25) is 0 Å². The van der Waals surface area contributed by atoms with Gasteiger partial charge in [0.15, 0.2) is 0 Å². The van der Waals surface area contributed by atoms with Crippen LogP contribution in [0.25, 0.3) is 10.1 Å². The Kier molecular flexibility index (Phi) is 8.80. The van der Waals surface area contributed by atoms with Gasteiger partial charge in [-0.3, -0.25) is 0 Å². The largest absolute Gasteiger partial charge is 0.311 e. The number of hydrogen-bond donors (Lipinski definition) is 0. The Morgan fingerprint density at radius 1 is 0.656 bits per heavy atom. The van der Waals surface area contributed by atoms with E-state index in [4.69, 9.17) is 0 Å². The molecule has 3 unspecified atom stereocenters. The van der Waals surface area contributed by atoms with Crippen LogP contribution < -0.4 is 25.5 Å². The van der Waals surface area contributed by atoms with Gasteiger partial charge < -0.3 is 9.80 Å². The maximum absolute atomic E-state index is 2.72. The molecule has 312 valence electrons. The first-order valence-electron chi connectivity index (χ1n) is 22.9. The van der Waals surface area contributed by atoms with E-state index in [1.807, 2.05) is 0 Å². The molecule has 4 aromatic carbocycles. The van der Waals surface area contributed by atoms with Gasteiger partial charge in [-0.05, 0) is 133 Å². The average molecular weight is 821 g/mol. The highest BCUT2D eigenvalue weighted by Crippen LogP contribution is 2.56. The summed E-state index contributed by atoms with van der Waals surface area (Å²) in [4.78, 5) is 5.32. The molecule has 10 rings (SSSR count). The second-order valence-electron chi connectivity index (χ2n) is 23.6. The van der Waals surface area contributed by atoms with E-state index < -0.39 is 0 Å². The van der Waals surface area contributed by atoms with Crippen molar-refractivity contribution in [1.82, 2.24) is 0 Å². The molecule has 1 aromatic heterocycles. The van der Waals surface area contributed by atoms with Gasteiger partial charge in [-0.1, -0.05) is 158 Å². The number of nitrogens with zero attached hydrogens (tertiary/aromatic N) is 2. The Hall–Kier alpha value is -4.54. The average Bonchev–Trinajstić information content (AvgIpc) is 3.66. The van der Waals surface area contributed by atoms with E-state index in [9.17, 15) is 0 Å². The number of thiophene rings is 1. The number of fused-ring (bicyclic) bond motifs is 9. The van der Waals surface area contributed by atoms with Crippen LogP contribution in [-0.4, -0.2) is 6.71 Å². The summed E-state index contributed by atoms with van der Waals surface area (Å²) in [6.45, 7) is 33.4. The van der Waals surface area contributed by atoms with Crippen molar-refractivity contribution in [3.63, 3.8) is 0 Å². The monoisotopic (exact) mass is 820 g/mol. The Morgan fingerprint density at radius 2 is 1.30 bits per heavy atom. The quantitative estimate of drug-likeness (QED) is 0.161. The second kappa shape index (κ2) is 13.2. The fourth-order valence-electron chi connectivity index (χ4n) is 11.1. The normalized spacial score (nSPS) is 21.3. The first kappa shape index (κ1) is 40.5. The van der Waals surface area contributed by atoms with E-state index in [-0.39, 0.29) is 33.8 Å². The van der Waals surface area contributed by atoms with Crippen molar-refractivity contribution in [2.24, 2.45) is 17.3 Å². The van der Waals surface area contributed by atoms with Crippen LogP contribution in [0.5, 0.6) is 0 Å². The van der Waals surface area contributed by atoms with Crippen molar-refractivity contribution >= 4 is 72.3 Å². The Bertz CT molecular complexity index is 2760. The minimum atomic E-state index is -0.0712. The molecule has 3 aliphatic carbocycles. The molecule has 3 heterocycles. The highest BCUT2D eigenvalue weighted by atomic mass is 32.1. The molecule has 0 amide bonds. The number of allylic oxidation sites excluding steroid dienone is 7. The summed E-state index contributed by atoms with van der Waals surface area (Å²) in [5, 5.41) is 1.40. The zero-order chi connectivity index (χ0) is 43.3. The van der Waals surface area contributed by atoms with Crippen LogP contribution in [0.4, 0.5) is 28.4 Å². The van der Waals surface area contributed by atoms with Crippen LogP contribution in [0.3, 0.4) is 0 Å². The van der Waals surface area contributed by atoms with Gasteiger partial charge in [0, 0.05) is 49.2 Å². The Morgan fingerprint density at radius 3 is 1.92 bits per heavy atom. The van der Waals surface area contributed by atoms with Crippen molar-refractivity contribution in [2.75, 3.05) is 9.80 Å². The first-order valence-corrected chi connectivity index (χ1v) is 23.7. The topological polar surface area (TPSA) is 6.48 Å². The minimum Gasteiger partial charge on any atom is -0.311 e. The first-order chi connectivity index (χ1) is 28.5. The standard InChI is InChI=1S/C57H65BN2S/c1-53(2,3)34-19-24-38(25-20-34)59-46-28-23-36(55(7,8)9)29-45(46)58-50-47(59)30-37(56(10,11)12)31-48(50)60(39-26-21-35(22-27-39)54(4,5)6)51-42-32-41-40-17-15-16-18-43(40)57(13,14)44(41)33-49(42)61-52(51)58/h15-21,23-33,35,40,43H,22H2,1-14H3. The smallest absolute Gasteiger partial charge is 0.264 e. The molecule has 61 heavy (non-hydrogen) atoms. The third-order valence-corrected chi connectivity index (χ3v) is 16.2. The maximum Gasteiger partial charge on any atom is 0.264 e. The number of benzene rings is 4. The molecule has 0 fully saturated rings. The Labute approximate surface area is 371 Å². The molecule has 0 spiro atoms. The lowest BCUT2D eigenvalue weighted by Crippen LogP contribution is -2.61. The highest BCUT2D eigenvalue weighted by Gasteiger charge is 2.49. The van der Waals surface area contributed by atoms with E-state index >= 15 is 0 Å². The van der Waals surface area contributed by atoms with Crippen LogP contribution in [-0.2, 0) is 21.7 Å². The van der Waals surface area contributed by atoms with Gasteiger partial charge in [0.05, 0.1) is 5.69 Å². The van der Waals surface area contributed by atoms with Crippen molar-refractivity contribution in [3.05, 3.63) is 143 Å². The molecular weight excluding hydrogens is 756 g/mol.